The smallest absolute Gasteiger partial charge is 0.296 e. The number of thioether (sulfide) groups is 1. The summed E-state index contributed by atoms with van der Waals surface area (Å²) in [6.45, 7) is 0. The average Bonchev–Trinajstić information content (AvgIpc) is 3.06. The molecule has 2 aromatic carbocycles. The summed E-state index contributed by atoms with van der Waals surface area (Å²) in [6.07, 6.45) is -4.36. The molecule has 0 atom stereocenters. The number of hydrogen-bond acceptors (Lipinski definition) is 5. The van der Waals surface area contributed by atoms with E-state index in [0.29, 0.717) is 25.7 Å². The van der Waals surface area contributed by atoms with Crippen LogP contribution in [0.3, 0.4) is 0 Å². The second kappa shape index (κ2) is 8.69. The molecule has 0 unspecified atom stereocenters. The fourth-order valence-corrected chi connectivity index (χ4v) is 4.34. The molecule has 1 amide bonds. The molecule has 4 nitrogen and oxygen atoms in total. The maximum absolute atomic E-state index is 12.6. The maximum Gasteiger partial charge on any atom is 0.416 e. The van der Waals surface area contributed by atoms with Gasteiger partial charge in [0.05, 0.1) is 5.56 Å². The van der Waals surface area contributed by atoms with Crippen molar-refractivity contribution in [1.82, 2.24) is 10.2 Å². The van der Waals surface area contributed by atoms with E-state index < -0.39 is 17.6 Å². The van der Waals surface area contributed by atoms with Crippen LogP contribution >= 0.6 is 46.3 Å². The molecule has 1 N–H and O–H groups in total. The highest BCUT2D eigenvalue weighted by molar-refractivity contribution is 8.00. The molecule has 146 valence electrons. The van der Waals surface area contributed by atoms with Crippen molar-refractivity contribution in [2.45, 2.75) is 16.3 Å². The zero-order valence-electron chi connectivity index (χ0n) is 13.8. The van der Waals surface area contributed by atoms with Crippen molar-refractivity contribution in [3.63, 3.8) is 0 Å². The molecule has 0 fully saturated rings. The molecule has 1 heterocycles. The minimum absolute atomic E-state index is 0.284. The molecule has 1 aromatic heterocycles. The first-order valence-electron chi connectivity index (χ1n) is 7.60. The number of nitrogens with zero attached hydrogens (tertiary/aromatic N) is 2. The van der Waals surface area contributed by atoms with Crippen molar-refractivity contribution in [2.75, 3.05) is 5.32 Å². The number of alkyl halides is 3. The van der Waals surface area contributed by atoms with Crippen molar-refractivity contribution in [3.05, 3.63) is 69.2 Å². The van der Waals surface area contributed by atoms with Gasteiger partial charge < -0.3 is 0 Å². The standard InChI is InChI=1S/C17H10Cl2F3N3OS2/c18-12-5-10(6-13(19)7-12)14(26)23-15-24-25-16(28-15)27-8-9-1-3-11(4-2-9)17(20,21)22/h1-7H,8H2,(H,23,24,26). The van der Waals surface area contributed by atoms with Gasteiger partial charge in [-0.05, 0) is 35.9 Å². The number of carbonyl (C=O) groups is 1. The molecule has 0 aliphatic heterocycles. The molecule has 0 saturated heterocycles. The Morgan fingerprint density at radius 1 is 1.07 bits per heavy atom. The summed E-state index contributed by atoms with van der Waals surface area (Å²) in [6, 6.07) is 9.38. The van der Waals surface area contributed by atoms with Crippen LogP contribution < -0.4 is 5.32 Å². The van der Waals surface area contributed by atoms with Crippen LogP contribution in [0.4, 0.5) is 18.3 Å². The third kappa shape index (κ3) is 5.60. The Morgan fingerprint density at radius 3 is 2.32 bits per heavy atom. The van der Waals surface area contributed by atoms with E-state index in [1.807, 2.05) is 0 Å². The number of amides is 1. The van der Waals surface area contributed by atoms with E-state index in [0.717, 1.165) is 23.5 Å². The van der Waals surface area contributed by atoms with E-state index in [1.54, 1.807) is 0 Å². The average molecular weight is 464 g/mol. The third-order valence-electron chi connectivity index (χ3n) is 3.40. The monoisotopic (exact) mass is 463 g/mol. The van der Waals surface area contributed by atoms with Crippen LogP contribution in [0.1, 0.15) is 21.5 Å². The highest BCUT2D eigenvalue weighted by Gasteiger charge is 2.29. The van der Waals surface area contributed by atoms with Crippen LogP contribution in [-0.2, 0) is 11.9 Å². The van der Waals surface area contributed by atoms with Gasteiger partial charge in [0.15, 0.2) is 4.34 Å². The van der Waals surface area contributed by atoms with Crippen LogP contribution in [0.5, 0.6) is 0 Å². The van der Waals surface area contributed by atoms with Crippen molar-refractivity contribution in [1.29, 1.82) is 0 Å². The van der Waals surface area contributed by atoms with Crippen molar-refractivity contribution in [3.8, 4) is 0 Å². The zero-order valence-corrected chi connectivity index (χ0v) is 16.9. The summed E-state index contributed by atoms with van der Waals surface area (Å²) >= 11 is 14.2. The Balaban J connectivity index is 1.59. The fourth-order valence-electron chi connectivity index (χ4n) is 2.11. The fraction of sp³-hybridized carbons (Fsp3) is 0.118. The molecule has 28 heavy (non-hydrogen) atoms. The summed E-state index contributed by atoms with van der Waals surface area (Å²) in [4.78, 5) is 12.2. The number of hydrogen-bond donors (Lipinski definition) is 1. The molecule has 0 saturated carbocycles. The van der Waals surface area contributed by atoms with E-state index in [4.69, 9.17) is 23.2 Å². The lowest BCUT2D eigenvalue weighted by molar-refractivity contribution is -0.137. The topological polar surface area (TPSA) is 54.9 Å². The number of aromatic nitrogens is 2. The van der Waals surface area contributed by atoms with E-state index in [1.165, 1.54) is 42.1 Å². The van der Waals surface area contributed by atoms with Crippen LogP contribution in [-0.4, -0.2) is 16.1 Å². The van der Waals surface area contributed by atoms with Crippen LogP contribution in [0.2, 0.25) is 10.0 Å². The van der Waals surface area contributed by atoms with E-state index in [9.17, 15) is 18.0 Å². The number of anilines is 1. The van der Waals surface area contributed by atoms with Gasteiger partial charge in [0.2, 0.25) is 5.13 Å². The zero-order chi connectivity index (χ0) is 20.3. The largest absolute Gasteiger partial charge is 0.416 e. The first-order chi connectivity index (χ1) is 13.2. The molecular formula is C17H10Cl2F3N3OS2. The molecule has 0 bridgehead atoms. The van der Waals surface area contributed by atoms with E-state index in [-0.39, 0.29) is 10.7 Å². The Labute approximate surface area is 176 Å². The van der Waals surface area contributed by atoms with Crippen molar-refractivity contribution < 1.29 is 18.0 Å². The second-order valence-electron chi connectivity index (χ2n) is 5.47. The summed E-state index contributed by atoms with van der Waals surface area (Å²) in [5.74, 6) is -0.00946. The highest BCUT2D eigenvalue weighted by atomic mass is 35.5. The number of halogens is 5. The number of benzene rings is 2. The van der Waals surface area contributed by atoms with Gasteiger partial charge in [-0.2, -0.15) is 13.2 Å². The van der Waals surface area contributed by atoms with Gasteiger partial charge in [0.1, 0.15) is 0 Å². The lowest BCUT2D eigenvalue weighted by Crippen LogP contribution is -2.11. The molecule has 0 aliphatic rings. The lowest BCUT2D eigenvalue weighted by Gasteiger charge is -2.06. The highest BCUT2D eigenvalue weighted by Crippen LogP contribution is 2.32. The second-order valence-corrected chi connectivity index (χ2v) is 8.54. The van der Waals surface area contributed by atoms with Crippen LogP contribution in [0.25, 0.3) is 0 Å². The minimum atomic E-state index is -4.36. The van der Waals surface area contributed by atoms with Gasteiger partial charge in [-0.3, -0.25) is 10.1 Å². The molecule has 3 rings (SSSR count). The van der Waals surface area contributed by atoms with Gasteiger partial charge >= 0.3 is 6.18 Å². The van der Waals surface area contributed by atoms with Gasteiger partial charge in [-0.15, -0.1) is 10.2 Å². The number of rotatable bonds is 5. The first-order valence-corrected chi connectivity index (χ1v) is 10.2. The minimum Gasteiger partial charge on any atom is -0.296 e. The van der Waals surface area contributed by atoms with Gasteiger partial charge in [0, 0.05) is 21.4 Å². The normalized spacial score (nSPS) is 11.5. The van der Waals surface area contributed by atoms with E-state index >= 15 is 0 Å². The Morgan fingerprint density at radius 2 is 1.71 bits per heavy atom. The number of carbonyl (C=O) groups excluding carboxylic acids is 1. The SMILES string of the molecule is O=C(Nc1nnc(SCc2ccc(C(F)(F)F)cc2)s1)c1cc(Cl)cc(Cl)c1. The Hall–Kier alpha value is -1.81. The third-order valence-corrected chi connectivity index (χ3v) is 5.87. The predicted molar refractivity (Wildman–Crippen MR) is 105 cm³/mol. The molecule has 11 heteroatoms. The summed E-state index contributed by atoms with van der Waals surface area (Å²) < 4.78 is 38.3. The molecule has 0 spiro atoms. The predicted octanol–water partition coefficient (Wildman–Crippen LogP) is 6.41. The molecule has 0 aliphatic carbocycles. The van der Waals surface area contributed by atoms with Gasteiger partial charge in [-0.1, -0.05) is 58.4 Å². The Bertz CT molecular complexity index is 974. The lowest BCUT2D eigenvalue weighted by atomic mass is 10.1. The summed E-state index contributed by atoms with van der Waals surface area (Å²) in [7, 11) is 0. The summed E-state index contributed by atoms with van der Waals surface area (Å²) in [5.41, 5.74) is 0.308. The summed E-state index contributed by atoms with van der Waals surface area (Å²) in [5, 5.41) is 11.4. The van der Waals surface area contributed by atoms with Crippen LogP contribution in [0.15, 0.2) is 46.8 Å². The maximum atomic E-state index is 12.6. The molecular weight excluding hydrogens is 454 g/mol. The van der Waals surface area contributed by atoms with Crippen molar-refractivity contribution in [2.24, 2.45) is 0 Å². The first kappa shape index (κ1) is 20.9. The van der Waals surface area contributed by atoms with Gasteiger partial charge in [-0.25, -0.2) is 0 Å². The quantitative estimate of drug-likeness (QED) is 0.350. The van der Waals surface area contributed by atoms with Gasteiger partial charge in [0.25, 0.3) is 5.91 Å². The Kier molecular flexibility index (Phi) is 6.49. The molecule has 3 aromatic rings. The van der Waals surface area contributed by atoms with Crippen LogP contribution in [0, 0.1) is 0 Å². The number of nitrogens with one attached hydrogen (secondary N) is 1. The van der Waals surface area contributed by atoms with Crippen molar-refractivity contribution >= 4 is 57.3 Å². The van der Waals surface area contributed by atoms with E-state index in [2.05, 4.69) is 15.5 Å². The molecule has 0 radical (unpaired) electrons.